The van der Waals surface area contributed by atoms with E-state index in [4.69, 9.17) is 4.74 Å². The van der Waals surface area contributed by atoms with Crippen LogP contribution in [-0.4, -0.2) is 40.6 Å². The predicted molar refractivity (Wildman–Crippen MR) is 105 cm³/mol. The van der Waals surface area contributed by atoms with E-state index in [2.05, 4.69) is 0 Å². The summed E-state index contributed by atoms with van der Waals surface area (Å²) in [4.78, 5) is 38.2. The Kier molecular flexibility index (Phi) is 5.99. The summed E-state index contributed by atoms with van der Waals surface area (Å²) in [5.41, 5.74) is 1.79. The van der Waals surface area contributed by atoms with Crippen molar-refractivity contribution < 1.29 is 19.2 Å². The van der Waals surface area contributed by atoms with E-state index in [1.807, 2.05) is 24.3 Å². The van der Waals surface area contributed by atoms with Gasteiger partial charge in [-0.05, 0) is 42.9 Å². The van der Waals surface area contributed by atoms with E-state index in [1.54, 1.807) is 17.2 Å². The zero-order valence-electron chi connectivity index (χ0n) is 15.6. The van der Waals surface area contributed by atoms with Gasteiger partial charge in [-0.3, -0.25) is 14.9 Å². The molecule has 1 aliphatic heterocycles. The molecule has 0 fully saturated rings. The van der Waals surface area contributed by atoms with Crippen molar-refractivity contribution in [3.05, 3.63) is 69.3 Å². The number of hydrogen-bond acceptors (Lipinski definition) is 6. The summed E-state index contributed by atoms with van der Waals surface area (Å²) in [6.07, 6.45) is 1.51. The van der Waals surface area contributed by atoms with Crippen molar-refractivity contribution in [1.29, 1.82) is 0 Å². The van der Waals surface area contributed by atoms with Gasteiger partial charge in [0, 0.05) is 24.1 Å². The third kappa shape index (κ3) is 4.17. The van der Waals surface area contributed by atoms with E-state index in [9.17, 15) is 19.7 Å². The lowest BCUT2D eigenvalue weighted by Gasteiger charge is -2.30. The Morgan fingerprint density at radius 2 is 1.93 bits per heavy atom. The number of fused-ring (bicyclic) bond motifs is 1. The molecule has 1 heterocycles. The first-order valence-electron chi connectivity index (χ1n) is 8.79. The Bertz CT molecular complexity index is 931. The number of rotatable bonds is 5. The second-order valence-electron chi connectivity index (χ2n) is 6.47. The van der Waals surface area contributed by atoms with Crippen LogP contribution >= 0.6 is 11.8 Å². The fourth-order valence-electron chi connectivity index (χ4n) is 3.18. The maximum Gasteiger partial charge on any atom is 0.345 e. The van der Waals surface area contributed by atoms with Crippen molar-refractivity contribution in [2.75, 3.05) is 12.8 Å². The van der Waals surface area contributed by atoms with Gasteiger partial charge in [0.2, 0.25) is 0 Å². The van der Waals surface area contributed by atoms with Crippen molar-refractivity contribution in [3.63, 3.8) is 0 Å². The molecular formula is C20H20N2O5S. The predicted octanol–water partition coefficient (Wildman–Crippen LogP) is 3.45. The molecule has 0 aromatic heterocycles. The number of carbonyl (C=O) groups excluding carboxylic acids is 2. The van der Waals surface area contributed by atoms with Gasteiger partial charge in [0.25, 0.3) is 11.6 Å². The maximum absolute atomic E-state index is 12.7. The minimum Gasteiger partial charge on any atom is -0.449 e. The standard InChI is InChI=1S/C20H20N2O5S/c1-13(19(23)21-10-9-14-5-3-4-6-15(14)12-21)27-20(24)17-11-16(28-2)7-8-18(17)22(25)26/h3-8,11,13H,9-10,12H2,1-2H3/t13-/m1/s1. The number of carbonyl (C=O) groups is 2. The van der Waals surface area contributed by atoms with Gasteiger partial charge in [0.05, 0.1) is 4.92 Å². The van der Waals surface area contributed by atoms with Crippen LogP contribution in [0.1, 0.15) is 28.4 Å². The van der Waals surface area contributed by atoms with Gasteiger partial charge in [-0.2, -0.15) is 0 Å². The first-order chi connectivity index (χ1) is 13.4. The Morgan fingerprint density at radius 3 is 2.61 bits per heavy atom. The molecule has 0 saturated carbocycles. The van der Waals surface area contributed by atoms with Crippen LogP contribution in [0.4, 0.5) is 5.69 Å². The van der Waals surface area contributed by atoms with E-state index in [-0.39, 0.29) is 17.2 Å². The van der Waals surface area contributed by atoms with E-state index in [0.717, 1.165) is 12.0 Å². The van der Waals surface area contributed by atoms with Crippen LogP contribution in [0.25, 0.3) is 0 Å². The number of nitro groups is 1. The number of thioether (sulfide) groups is 1. The van der Waals surface area contributed by atoms with Crippen molar-refractivity contribution in [1.82, 2.24) is 4.90 Å². The molecule has 3 rings (SSSR count). The molecule has 0 unspecified atom stereocenters. The highest BCUT2D eigenvalue weighted by Crippen LogP contribution is 2.26. The summed E-state index contributed by atoms with van der Waals surface area (Å²) < 4.78 is 5.29. The molecule has 0 aliphatic carbocycles. The summed E-state index contributed by atoms with van der Waals surface area (Å²) in [6, 6.07) is 12.2. The molecule has 0 saturated heterocycles. The van der Waals surface area contributed by atoms with E-state index < -0.39 is 17.0 Å². The minimum absolute atomic E-state index is 0.152. The maximum atomic E-state index is 12.7. The summed E-state index contributed by atoms with van der Waals surface area (Å²) in [6.45, 7) is 2.49. The average molecular weight is 400 g/mol. The van der Waals surface area contributed by atoms with Crippen molar-refractivity contribution in [3.8, 4) is 0 Å². The highest BCUT2D eigenvalue weighted by atomic mass is 32.2. The van der Waals surface area contributed by atoms with Gasteiger partial charge in [-0.1, -0.05) is 24.3 Å². The third-order valence-corrected chi connectivity index (χ3v) is 5.42. The SMILES string of the molecule is CSc1ccc([N+](=O)[O-])c(C(=O)O[C@H](C)C(=O)N2CCc3ccccc3C2)c1. The summed E-state index contributed by atoms with van der Waals surface area (Å²) >= 11 is 1.36. The Labute approximate surface area is 166 Å². The van der Waals surface area contributed by atoms with Crippen LogP contribution in [-0.2, 0) is 22.5 Å². The van der Waals surface area contributed by atoms with Crippen LogP contribution in [0.3, 0.4) is 0 Å². The molecule has 1 aliphatic rings. The zero-order chi connectivity index (χ0) is 20.3. The smallest absolute Gasteiger partial charge is 0.345 e. The van der Waals surface area contributed by atoms with Crippen LogP contribution in [0, 0.1) is 10.1 Å². The van der Waals surface area contributed by atoms with Gasteiger partial charge in [0.15, 0.2) is 6.10 Å². The molecule has 0 radical (unpaired) electrons. The number of benzene rings is 2. The Balaban J connectivity index is 1.72. The topological polar surface area (TPSA) is 89.7 Å². The molecule has 1 amide bonds. The number of nitro benzene ring substituents is 1. The van der Waals surface area contributed by atoms with Crippen LogP contribution in [0.5, 0.6) is 0 Å². The first-order valence-corrected chi connectivity index (χ1v) is 10.0. The van der Waals surface area contributed by atoms with E-state index in [0.29, 0.717) is 18.0 Å². The first kappa shape index (κ1) is 19.9. The summed E-state index contributed by atoms with van der Waals surface area (Å²) in [7, 11) is 0. The van der Waals surface area contributed by atoms with Gasteiger partial charge < -0.3 is 9.64 Å². The van der Waals surface area contributed by atoms with Crippen LogP contribution in [0.15, 0.2) is 47.4 Å². The second kappa shape index (κ2) is 8.43. The number of hydrogen-bond donors (Lipinski definition) is 0. The van der Waals surface area contributed by atoms with Crippen molar-refractivity contribution in [2.24, 2.45) is 0 Å². The highest BCUT2D eigenvalue weighted by Gasteiger charge is 2.29. The van der Waals surface area contributed by atoms with Gasteiger partial charge in [-0.15, -0.1) is 11.8 Å². The number of nitrogens with zero attached hydrogens (tertiary/aromatic N) is 2. The lowest BCUT2D eigenvalue weighted by Crippen LogP contribution is -2.42. The molecule has 2 aromatic rings. The Morgan fingerprint density at radius 1 is 1.21 bits per heavy atom. The van der Waals surface area contributed by atoms with E-state index >= 15 is 0 Å². The monoisotopic (exact) mass is 400 g/mol. The molecule has 1 atom stereocenters. The molecule has 28 heavy (non-hydrogen) atoms. The van der Waals surface area contributed by atoms with Crippen LogP contribution < -0.4 is 0 Å². The average Bonchev–Trinajstić information content (AvgIpc) is 2.72. The summed E-state index contributed by atoms with van der Waals surface area (Å²) in [5.74, 6) is -1.19. The molecule has 0 bridgehead atoms. The number of ether oxygens (including phenoxy) is 1. The zero-order valence-corrected chi connectivity index (χ0v) is 16.4. The number of amides is 1. The van der Waals surface area contributed by atoms with Gasteiger partial charge in [0.1, 0.15) is 5.56 Å². The molecule has 2 aromatic carbocycles. The molecule has 8 heteroatoms. The molecule has 146 valence electrons. The Hall–Kier alpha value is -2.87. The fourth-order valence-corrected chi connectivity index (χ4v) is 3.62. The van der Waals surface area contributed by atoms with Crippen LogP contribution in [0.2, 0.25) is 0 Å². The highest BCUT2D eigenvalue weighted by molar-refractivity contribution is 7.98. The lowest BCUT2D eigenvalue weighted by atomic mass is 9.99. The van der Waals surface area contributed by atoms with Gasteiger partial charge >= 0.3 is 5.97 Å². The molecule has 0 N–H and O–H groups in total. The minimum atomic E-state index is -1.03. The molecule has 0 spiro atoms. The van der Waals surface area contributed by atoms with Gasteiger partial charge in [-0.25, -0.2) is 4.79 Å². The van der Waals surface area contributed by atoms with E-state index in [1.165, 1.54) is 36.4 Å². The lowest BCUT2D eigenvalue weighted by molar-refractivity contribution is -0.385. The quantitative estimate of drug-likeness (QED) is 0.331. The largest absolute Gasteiger partial charge is 0.449 e. The summed E-state index contributed by atoms with van der Waals surface area (Å²) in [5, 5.41) is 11.2. The second-order valence-corrected chi connectivity index (χ2v) is 7.35. The molecule has 7 nitrogen and oxygen atoms in total. The van der Waals surface area contributed by atoms with Crippen molar-refractivity contribution >= 4 is 29.3 Å². The fraction of sp³-hybridized carbons (Fsp3) is 0.300. The van der Waals surface area contributed by atoms with Crippen molar-refractivity contribution in [2.45, 2.75) is 30.9 Å². The normalized spacial score (nSPS) is 14.1. The number of esters is 1. The third-order valence-electron chi connectivity index (χ3n) is 4.69. The molecular weight excluding hydrogens is 380 g/mol.